The normalized spacial score (nSPS) is 14.4. The summed E-state index contributed by atoms with van der Waals surface area (Å²) in [6.07, 6.45) is 48.5. The zero-order chi connectivity index (χ0) is 66.5. The fourth-order valence-electron chi connectivity index (χ4n) is 10.7. The highest BCUT2D eigenvalue weighted by Gasteiger charge is 2.30. The van der Waals surface area contributed by atoms with Crippen molar-refractivity contribution in [3.63, 3.8) is 0 Å². The Labute approximate surface area is 549 Å². The summed E-state index contributed by atoms with van der Waals surface area (Å²) in [6.45, 7) is 9.50. The van der Waals surface area contributed by atoms with Gasteiger partial charge in [0.2, 0.25) is 0 Å². The first-order valence-electron chi connectivity index (χ1n) is 37.0. The van der Waals surface area contributed by atoms with Crippen molar-refractivity contribution in [2.45, 2.75) is 381 Å². The molecule has 0 aromatic heterocycles. The summed E-state index contributed by atoms with van der Waals surface area (Å²) >= 11 is 0. The minimum Gasteiger partial charge on any atom is -0.462 e. The lowest BCUT2D eigenvalue weighted by Crippen LogP contribution is -2.30. The van der Waals surface area contributed by atoms with Gasteiger partial charge in [-0.05, 0) is 37.5 Å². The number of esters is 4. The van der Waals surface area contributed by atoms with Gasteiger partial charge in [-0.2, -0.15) is 0 Å². The average Bonchev–Trinajstić information content (AvgIpc) is 2.77. The second kappa shape index (κ2) is 63.1. The van der Waals surface area contributed by atoms with E-state index in [1.807, 2.05) is 0 Å². The molecule has 0 aromatic carbocycles. The van der Waals surface area contributed by atoms with Crippen LogP contribution in [0.25, 0.3) is 0 Å². The number of carbonyl (C=O) groups is 4. The lowest BCUT2D eigenvalue weighted by atomic mass is 9.99. The summed E-state index contributed by atoms with van der Waals surface area (Å²) in [5.41, 5.74) is 0. The highest BCUT2D eigenvalue weighted by atomic mass is 31.2. The molecule has 0 bridgehead atoms. The molecule has 0 rings (SSSR count). The summed E-state index contributed by atoms with van der Waals surface area (Å²) in [5, 5.41) is 10.6. The summed E-state index contributed by atoms with van der Waals surface area (Å²) in [5.74, 6) is -0.648. The molecule has 3 unspecified atom stereocenters. The fraction of sp³-hybridized carbons (Fsp3) is 0.944. The van der Waals surface area contributed by atoms with E-state index < -0.39 is 97.5 Å². The Morgan fingerprint density at radius 1 is 0.322 bits per heavy atom. The van der Waals surface area contributed by atoms with Crippen LogP contribution < -0.4 is 0 Å². The first kappa shape index (κ1) is 88.1. The summed E-state index contributed by atoms with van der Waals surface area (Å²) in [4.78, 5) is 72.6. The van der Waals surface area contributed by atoms with Crippen molar-refractivity contribution in [1.82, 2.24) is 0 Å². The largest absolute Gasteiger partial charge is 0.472 e. The third-order valence-corrected chi connectivity index (χ3v) is 18.7. The number of aliphatic hydroxyl groups excluding tert-OH is 1. The van der Waals surface area contributed by atoms with Gasteiger partial charge in [0.15, 0.2) is 12.2 Å². The Bertz CT molecular complexity index is 1750. The van der Waals surface area contributed by atoms with Crippen molar-refractivity contribution >= 4 is 39.5 Å². The van der Waals surface area contributed by atoms with Gasteiger partial charge in [0.1, 0.15) is 19.3 Å². The second-order valence-electron chi connectivity index (χ2n) is 26.3. The second-order valence-corrected chi connectivity index (χ2v) is 29.3. The Morgan fingerprint density at radius 3 is 0.844 bits per heavy atom. The van der Waals surface area contributed by atoms with E-state index in [1.165, 1.54) is 173 Å². The molecule has 0 fully saturated rings. The van der Waals surface area contributed by atoms with Gasteiger partial charge in [-0.1, -0.05) is 311 Å². The van der Waals surface area contributed by atoms with E-state index in [0.29, 0.717) is 31.6 Å². The van der Waals surface area contributed by atoms with Gasteiger partial charge in [-0.15, -0.1) is 0 Å². The maximum absolute atomic E-state index is 13.0. The summed E-state index contributed by atoms with van der Waals surface area (Å²) in [6, 6.07) is 0. The van der Waals surface area contributed by atoms with Gasteiger partial charge >= 0.3 is 39.5 Å². The molecule has 0 aliphatic rings. The van der Waals surface area contributed by atoms with E-state index >= 15 is 0 Å². The quantitative estimate of drug-likeness (QED) is 0.0222. The molecule has 6 atom stereocenters. The van der Waals surface area contributed by atoms with Crippen molar-refractivity contribution in [1.29, 1.82) is 0 Å². The van der Waals surface area contributed by atoms with Crippen LogP contribution in [0.2, 0.25) is 0 Å². The molecule has 0 aromatic rings. The smallest absolute Gasteiger partial charge is 0.462 e. The van der Waals surface area contributed by atoms with E-state index in [2.05, 4.69) is 41.5 Å². The molecule has 17 nitrogen and oxygen atoms in total. The topological polar surface area (TPSA) is 237 Å². The molecule has 0 spiro atoms. The Kier molecular flexibility index (Phi) is 61.8. The number of ether oxygens (including phenoxy) is 4. The third kappa shape index (κ3) is 63.5. The number of carbonyl (C=O) groups excluding carboxylic acids is 4. The Hall–Kier alpha value is -1.94. The molecule has 0 heterocycles. The zero-order valence-corrected chi connectivity index (χ0v) is 60.2. The third-order valence-electron chi connectivity index (χ3n) is 16.8. The predicted octanol–water partition coefficient (Wildman–Crippen LogP) is 20.4. The number of phosphoric ester groups is 2. The van der Waals surface area contributed by atoms with Crippen LogP contribution in [0, 0.1) is 11.8 Å². The number of aliphatic hydroxyl groups is 1. The van der Waals surface area contributed by atoms with E-state index in [1.54, 1.807) is 0 Å². The fourth-order valence-corrected chi connectivity index (χ4v) is 12.3. The van der Waals surface area contributed by atoms with Crippen molar-refractivity contribution < 1.29 is 80.2 Å². The molecule has 90 heavy (non-hydrogen) atoms. The van der Waals surface area contributed by atoms with Crippen molar-refractivity contribution in [2.75, 3.05) is 39.6 Å². The van der Waals surface area contributed by atoms with Crippen molar-refractivity contribution in [3.8, 4) is 0 Å². The van der Waals surface area contributed by atoms with Crippen LogP contribution in [-0.4, -0.2) is 96.7 Å². The van der Waals surface area contributed by atoms with E-state index in [0.717, 1.165) is 102 Å². The average molecular weight is 1330 g/mol. The lowest BCUT2D eigenvalue weighted by molar-refractivity contribution is -0.161. The number of rotatable bonds is 70. The molecule has 0 aliphatic heterocycles. The monoisotopic (exact) mass is 1320 g/mol. The number of phosphoric acid groups is 2. The van der Waals surface area contributed by atoms with Gasteiger partial charge in [-0.25, -0.2) is 9.13 Å². The molecule has 0 saturated heterocycles. The van der Waals surface area contributed by atoms with Crippen molar-refractivity contribution in [3.05, 3.63) is 0 Å². The van der Waals surface area contributed by atoms with Crippen LogP contribution in [0.4, 0.5) is 0 Å². The molecule has 0 saturated carbocycles. The van der Waals surface area contributed by atoms with Crippen LogP contribution in [0.1, 0.15) is 363 Å². The standard InChI is InChI=1S/C71H138O17P2/c1-7-10-12-14-16-18-20-22-24-26-28-35-41-47-53-68(73)81-59-66(87-70(75)55-49-43-36-29-27-25-23-21-19-17-15-13-11-8-2)61-85-89(77,78)83-57-65(72)58-84-90(79,80)86-62-67(60-82-69(74)54-48-42-38-32-33-39-45-51-63(4)5)88-71(76)56-50-44-37-31-30-34-40-46-52-64(6)9-3/h63-67,72H,7-62H2,1-6H3,(H,77,78)(H,79,80)/t64?,65-,66-,67-/m1/s1. The molecule has 0 amide bonds. The van der Waals surface area contributed by atoms with Crippen LogP contribution in [0.5, 0.6) is 0 Å². The van der Waals surface area contributed by atoms with Gasteiger partial charge in [-0.3, -0.25) is 37.3 Å². The maximum Gasteiger partial charge on any atom is 0.472 e. The number of unbranched alkanes of at least 4 members (excludes halogenated alkanes) is 39. The van der Waals surface area contributed by atoms with E-state index in [-0.39, 0.29) is 25.7 Å². The first-order valence-corrected chi connectivity index (χ1v) is 40.0. The molecular weight excluding hydrogens is 1190 g/mol. The molecule has 19 heteroatoms. The highest BCUT2D eigenvalue weighted by molar-refractivity contribution is 7.47. The summed E-state index contributed by atoms with van der Waals surface area (Å²) in [7, 11) is -9.90. The molecule has 0 aliphatic carbocycles. The molecule has 3 N–H and O–H groups in total. The maximum atomic E-state index is 13.0. The molecule has 0 radical (unpaired) electrons. The number of hydrogen-bond donors (Lipinski definition) is 3. The SMILES string of the molecule is CCCCCCCCCCCCCCCCC(=O)OC[C@H](COP(=O)(O)OC[C@@H](O)COP(=O)(O)OC[C@@H](COC(=O)CCCCCCCCCC(C)C)OC(=O)CCCCCCCCCCC(C)CC)OC(=O)CCCCCCCCCCCCCCCC. The summed E-state index contributed by atoms with van der Waals surface area (Å²) < 4.78 is 68.3. The van der Waals surface area contributed by atoms with Gasteiger partial charge in [0, 0.05) is 25.7 Å². The van der Waals surface area contributed by atoms with Crippen LogP contribution in [0.15, 0.2) is 0 Å². The van der Waals surface area contributed by atoms with Gasteiger partial charge in [0.25, 0.3) is 0 Å². The van der Waals surface area contributed by atoms with E-state index in [4.69, 9.17) is 37.0 Å². The predicted molar refractivity (Wildman–Crippen MR) is 363 cm³/mol. The van der Waals surface area contributed by atoms with E-state index in [9.17, 15) is 43.2 Å². The highest BCUT2D eigenvalue weighted by Crippen LogP contribution is 2.45. The zero-order valence-electron chi connectivity index (χ0n) is 58.4. The van der Waals surface area contributed by atoms with Crippen LogP contribution in [0.3, 0.4) is 0 Å². The molecular formula is C71H138O17P2. The van der Waals surface area contributed by atoms with Gasteiger partial charge in [0.05, 0.1) is 26.4 Å². The first-order chi connectivity index (χ1) is 43.4. The minimum atomic E-state index is -4.95. The molecule has 534 valence electrons. The van der Waals surface area contributed by atoms with Gasteiger partial charge < -0.3 is 33.8 Å². The lowest BCUT2D eigenvalue weighted by Gasteiger charge is -2.21. The van der Waals surface area contributed by atoms with Crippen LogP contribution in [-0.2, 0) is 65.4 Å². The Balaban J connectivity index is 5.26. The van der Waals surface area contributed by atoms with Crippen molar-refractivity contribution in [2.24, 2.45) is 11.8 Å². The minimum absolute atomic E-state index is 0.104. The van der Waals surface area contributed by atoms with Crippen LogP contribution >= 0.6 is 15.6 Å². The Morgan fingerprint density at radius 2 is 0.567 bits per heavy atom. The number of hydrogen-bond acceptors (Lipinski definition) is 15.